The van der Waals surface area contributed by atoms with Crippen LogP contribution in [0.5, 0.6) is 0 Å². The van der Waals surface area contributed by atoms with E-state index in [0.29, 0.717) is 21.5 Å². The Balaban J connectivity index is 2.17. The minimum atomic E-state index is -0.926. The molecule has 1 atom stereocenters. The third-order valence-electron chi connectivity index (χ3n) is 4.13. The minimum absolute atomic E-state index is 0.0826. The molecule has 0 amide bonds. The van der Waals surface area contributed by atoms with E-state index in [9.17, 15) is 9.90 Å². The third kappa shape index (κ3) is 4.35. The fourth-order valence-electron chi connectivity index (χ4n) is 3.00. The largest absolute Gasteiger partial charge is 0.481 e. The Morgan fingerprint density at radius 2 is 1.76 bits per heavy atom. The molecule has 0 aliphatic heterocycles. The van der Waals surface area contributed by atoms with Crippen LogP contribution in [0, 0.1) is 0 Å². The molecule has 1 saturated carbocycles. The highest BCUT2D eigenvalue weighted by atomic mass is 35.5. The van der Waals surface area contributed by atoms with Crippen molar-refractivity contribution >= 4 is 29.2 Å². The summed E-state index contributed by atoms with van der Waals surface area (Å²) in [5.41, 5.74) is 1.57. The fraction of sp³-hybridized carbons (Fsp3) is 0.562. The molecule has 1 aliphatic rings. The number of aliphatic hydroxyl groups excluding tert-OH is 1. The first-order chi connectivity index (χ1) is 9.99. The lowest BCUT2D eigenvalue weighted by molar-refractivity contribution is -0.137. The van der Waals surface area contributed by atoms with Crippen molar-refractivity contribution in [1.82, 2.24) is 0 Å². The molecular weight excluding hydrogens is 311 g/mol. The maximum atomic E-state index is 10.6. The second kappa shape index (κ2) is 7.48. The summed E-state index contributed by atoms with van der Waals surface area (Å²) in [5.74, 6) is -0.533. The first-order valence-corrected chi connectivity index (χ1v) is 8.13. The molecule has 2 rings (SSSR count). The first kappa shape index (κ1) is 16.6. The average molecular weight is 331 g/mol. The summed E-state index contributed by atoms with van der Waals surface area (Å²) >= 11 is 12.7. The number of aliphatic carboxylic acids is 1. The van der Waals surface area contributed by atoms with Gasteiger partial charge in [-0.3, -0.25) is 4.79 Å². The standard InChI is InChI=1S/C16H20Cl2O3/c17-12-8-11(14(19)6-7-15(20)21)9-13(18)16(12)10-4-2-1-3-5-10/h8-10,14,19H,1-7H2,(H,20,21). The van der Waals surface area contributed by atoms with Crippen LogP contribution in [0.25, 0.3) is 0 Å². The Hall–Kier alpha value is -0.770. The third-order valence-corrected chi connectivity index (χ3v) is 4.76. The Bertz CT molecular complexity index is 487. The van der Waals surface area contributed by atoms with Gasteiger partial charge < -0.3 is 10.2 Å². The average Bonchev–Trinajstić information content (AvgIpc) is 2.45. The van der Waals surface area contributed by atoms with E-state index in [-0.39, 0.29) is 12.8 Å². The molecule has 0 radical (unpaired) electrons. The number of benzene rings is 1. The summed E-state index contributed by atoms with van der Waals surface area (Å²) in [6.45, 7) is 0. The van der Waals surface area contributed by atoms with Gasteiger partial charge in [0.25, 0.3) is 0 Å². The Morgan fingerprint density at radius 3 is 2.29 bits per heavy atom. The topological polar surface area (TPSA) is 57.5 Å². The zero-order valence-electron chi connectivity index (χ0n) is 11.8. The molecule has 21 heavy (non-hydrogen) atoms. The van der Waals surface area contributed by atoms with Gasteiger partial charge in [-0.2, -0.15) is 0 Å². The molecule has 3 nitrogen and oxygen atoms in total. The smallest absolute Gasteiger partial charge is 0.303 e. The molecule has 1 aromatic carbocycles. The number of hydrogen-bond acceptors (Lipinski definition) is 2. The summed E-state index contributed by atoms with van der Waals surface area (Å²) < 4.78 is 0. The van der Waals surface area contributed by atoms with Crippen molar-refractivity contribution in [1.29, 1.82) is 0 Å². The van der Waals surface area contributed by atoms with Crippen LogP contribution in [0.15, 0.2) is 12.1 Å². The predicted molar refractivity (Wildman–Crippen MR) is 84.1 cm³/mol. The predicted octanol–water partition coefficient (Wildman–Crippen LogP) is 4.94. The second-order valence-corrected chi connectivity index (χ2v) is 6.50. The molecule has 1 fully saturated rings. The van der Waals surface area contributed by atoms with E-state index >= 15 is 0 Å². The van der Waals surface area contributed by atoms with Crippen molar-refractivity contribution < 1.29 is 15.0 Å². The second-order valence-electron chi connectivity index (χ2n) is 5.68. The van der Waals surface area contributed by atoms with Gasteiger partial charge in [0.15, 0.2) is 0 Å². The SMILES string of the molecule is O=C(O)CCC(O)c1cc(Cl)c(C2CCCCC2)c(Cl)c1. The van der Waals surface area contributed by atoms with E-state index in [0.717, 1.165) is 18.4 Å². The van der Waals surface area contributed by atoms with Crippen LogP contribution >= 0.6 is 23.2 Å². The highest BCUT2D eigenvalue weighted by Gasteiger charge is 2.22. The molecule has 0 bridgehead atoms. The van der Waals surface area contributed by atoms with Crippen molar-refractivity contribution in [2.75, 3.05) is 0 Å². The van der Waals surface area contributed by atoms with Gasteiger partial charge in [0, 0.05) is 16.5 Å². The summed E-state index contributed by atoms with van der Waals surface area (Å²) in [6, 6.07) is 3.45. The lowest BCUT2D eigenvalue weighted by Gasteiger charge is -2.25. The maximum Gasteiger partial charge on any atom is 0.303 e. The molecule has 0 heterocycles. The number of halogens is 2. The quantitative estimate of drug-likeness (QED) is 0.803. The summed E-state index contributed by atoms with van der Waals surface area (Å²) in [5, 5.41) is 19.9. The molecular formula is C16H20Cl2O3. The molecule has 0 aromatic heterocycles. The highest BCUT2D eigenvalue weighted by molar-refractivity contribution is 6.36. The van der Waals surface area contributed by atoms with E-state index < -0.39 is 12.1 Å². The van der Waals surface area contributed by atoms with Crippen LogP contribution in [0.4, 0.5) is 0 Å². The molecule has 0 spiro atoms. The monoisotopic (exact) mass is 330 g/mol. The number of carboxylic acid groups (broad SMARTS) is 1. The molecule has 2 N–H and O–H groups in total. The Kier molecular flexibility index (Phi) is 5.91. The van der Waals surface area contributed by atoms with Gasteiger partial charge in [-0.1, -0.05) is 42.5 Å². The fourth-order valence-corrected chi connectivity index (χ4v) is 3.82. The first-order valence-electron chi connectivity index (χ1n) is 7.37. The van der Waals surface area contributed by atoms with Crippen LogP contribution in [0.2, 0.25) is 10.0 Å². The Labute approximate surface area is 134 Å². The van der Waals surface area contributed by atoms with Gasteiger partial charge in [-0.05, 0) is 48.4 Å². The van der Waals surface area contributed by atoms with Gasteiger partial charge in [-0.15, -0.1) is 0 Å². The highest BCUT2D eigenvalue weighted by Crippen LogP contribution is 2.41. The van der Waals surface area contributed by atoms with Gasteiger partial charge in [0.2, 0.25) is 0 Å². The molecule has 1 aromatic rings. The van der Waals surface area contributed by atoms with Crippen molar-refractivity contribution in [3.63, 3.8) is 0 Å². The van der Waals surface area contributed by atoms with E-state index in [4.69, 9.17) is 28.3 Å². The van der Waals surface area contributed by atoms with Crippen molar-refractivity contribution in [3.8, 4) is 0 Å². The van der Waals surface area contributed by atoms with Crippen molar-refractivity contribution in [2.24, 2.45) is 0 Å². The van der Waals surface area contributed by atoms with Crippen LogP contribution < -0.4 is 0 Å². The summed E-state index contributed by atoms with van der Waals surface area (Å²) in [4.78, 5) is 10.6. The number of hydrogen-bond donors (Lipinski definition) is 2. The van der Waals surface area contributed by atoms with Crippen LogP contribution in [-0.2, 0) is 4.79 Å². The van der Waals surface area contributed by atoms with Crippen LogP contribution in [0.3, 0.4) is 0 Å². The number of rotatable bonds is 5. The zero-order chi connectivity index (χ0) is 15.4. The summed E-state index contributed by atoms with van der Waals surface area (Å²) in [7, 11) is 0. The number of carbonyl (C=O) groups is 1. The van der Waals surface area contributed by atoms with Gasteiger partial charge in [0.05, 0.1) is 6.10 Å². The summed E-state index contributed by atoms with van der Waals surface area (Å²) in [6.07, 6.45) is 5.07. The Morgan fingerprint density at radius 1 is 1.19 bits per heavy atom. The zero-order valence-corrected chi connectivity index (χ0v) is 13.3. The van der Waals surface area contributed by atoms with E-state index in [1.165, 1.54) is 19.3 Å². The number of carboxylic acids is 1. The molecule has 0 saturated heterocycles. The molecule has 5 heteroatoms. The van der Waals surface area contributed by atoms with Gasteiger partial charge in [-0.25, -0.2) is 0 Å². The van der Waals surface area contributed by atoms with E-state index in [1.54, 1.807) is 12.1 Å². The maximum absolute atomic E-state index is 10.6. The molecule has 1 aliphatic carbocycles. The number of aliphatic hydroxyl groups is 1. The normalized spacial score (nSPS) is 17.7. The lowest BCUT2D eigenvalue weighted by Crippen LogP contribution is -2.08. The van der Waals surface area contributed by atoms with E-state index in [1.807, 2.05) is 0 Å². The minimum Gasteiger partial charge on any atom is -0.481 e. The molecule has 116 valence electrons. The van der Waals surface area contributed by atoms with Crippen molar-refractivity contribution in [2.45, 2.75) is 57.0 Å². The van der Waals surface area contributed by atoms with Gasteiger partial charge in [0.1, 0.15) is 0 Å². The van der Waals surface area contributed by atoms with E-state index in [2.05, 4.69) is 0 Å². The van der Waals surface area contributed by atoms with Crippen LogP contribution in [0.1, 0.15) is 68.1 Å². The molecule has 1 unspecified atom stereocenters. The van der Waals surface area contributed by atoms with Crippen molar-refractivity contribution in [3.05, 3.63) is 33.3 Å². The van der Waals surface area contributed by atoms with Crippen LogP contribution in [-0.4, -0.2) is 16.2 Å². The lowest BCUT2D eigenvalue weighted by atomic mass is 9.83. The van der Waals surface area contributed by atoms with Gasteiger partial charge >= 0.3 is 5.97 Å².